The first-order valence-corrected chi connectivity index (χ1v) is 7.85. The van der Waals surface area contributed by atoms with Crippen molar-refractivity contribution in [1.29, 1.82) is 0 Å². The molecule has 110 valence electrons. The molecular weight excluding hydrogens is 324 g/mol. The van der Waals surface area contributed by atoms with Gasteiger partial charge < -0.3 is 15.4 Å². The number of hydrogen-bond donors (Lipinski definition) is 2. The molecule has 2 heterocycles. The van der Waals surface area contributed by atoms with E-state index in [1.807, 2.05) is 0 Å². The van der Waals surface area contributed by atoms with Gasteiger partial charge in [0.1, 0.15) is 4.47 Å². The van der Waals surface area contributed by atoms with Gasteiger partial charge in [-0.1, -0.05) is 0 Å². The van der Waals surface area contributed by atoms with Crippen LogP contribution in [0.25, 0.3) is 0 Å². The molecule has 1 aromatic heterocycles. The third-order valence-electron chi connectivity index (χ3n) is 3.64. The fourth-order valence-corrected chi connectivity index (χ4v) is 2.69. The van der Waals surface area contributed by atoms with Crippen molar-refractivity contribution in [3.05, 3.63) is 21.0 Å². The van der Waals surface area contributed by atoms with E-state index in [1.54, 1.807) is 10.9 Å². The van der Waals surface area contributed by atoms with Gasteiger partial charge in [-0.25, -0.2) is 4.68 Å². The number of rotatable bonds is 5. The first-order valence-electron chi connectivity index (χ1n) is 7.06. The molecule has 3 rings (SSSR count). The van der Waals surface area contributed by atoms with Crippen molar-refractivity contribution in [3.63, 3.8) is 0 Å². The van der Waals surface area contributed by atoms with E-state index in [2.05, 4.69) is 31.7 Å². The molecule has 0 bridgehead atoms. The van der Waals surface area contributed by atoms with Crippen LogP contribution in [-0.4, -0.2) is 42.1 Å². The van der Waals surface area contributed by atoms with Crippen LogP contribution in [0, 0.1) is 5.92 Å². The lowest BCUT2D eigenvalue weighted by atomic mass is 10.3. The number of hydrogen-bond acceptors (Lipinski definition) is 5. The molecule has 2 N–H and O–H groups in total. The Balaban J connectivity index is 1.63. The molecule has 2 aliphatic rings. The van der Waals surface area contributed by atoms with Gasteiger partial charge in [-0.3, -0.25) is 4.79 Å². The third kappa shape index (κ3) is 3.39. The fourth-order valence-electron chi connectivity index (χ4n) is 2.24. The van der Waals surface area contributed by atoms with Crippen molar-refractivity contribution in [2.45, 2.75) is 25.5 Å². The van der Waals surface area contributed by atoms with Gasteiger partial charge in [-0.2, -0.15) is 5.10 Å². The molecule has 1 aliphatic carbocycles. The second-order valence-corrected chi connectivity index (χ2v) is 6.17. The van der Waals surface area contributed by atoms with E-state index in [-0.39, 0.29) is 11.7 Å². The molecule has 2 fully saturated rings. The third-order valence-corrected chi connectivity index (χ3v) is 4.40. The lowest BCUT2D eigenvalue weighted by Gasteiger charge is -2.24. The van der Waals surface area contributed by atoms with Crippen LogP contribution in [0.2, 0.25) is 0 Å². The molecule has 1 aromatic rings. The molecule has 1 saturated heterocycles. The summed E-state index contributed by atoms with van der Waals surface area (Å²) in [4.78, 5) is 12.2. The summed E-state index contributed by atoms with van der Waals surface area (Å²) in [5, 5.41) is 10.7. The standard InChI is InChI=1S/C13H19BrN4O2/c14-12-11(16-6-10-5-15-3-4-20-10)7-17-18(13(12)19)8-9-1-2-9/h7,9-10,15-16H,1-6,8H2. The summed E-state index contributed by atoms with van der Waals surface area (Å²) in [7, 11) is 0. The monoisotopic (exact) mass is 342 g/mol. The number of anilines is 1. The van der Waals surface area contributed by atoms with E-state index in [0.717, 1.165) is 31.9 Å². The summed E-state index contributed by atoms with van der Waals surface area (Å²) in [6.45, 7) is 3.86. The van der Waals surface area contributed by atoms with Crippen LogP contribution in [0.15, 0.2) is 15.5 Å². The fraction of sp³-hybridized carbons (Fsp3) is 0.692. The van der Waals surface area contributed by atoms with Gasteiger partial charge in [0.15, 0.2) is 0 Å². The Bertz CT molecular complexity index is 524. The summed E-state index contributed by atoms with van der Waals surface area (Å²) in [6, 6.07) is 0. The summed E-state index contributed by atoms with van der Waals surface area (Å²) in [5.41, 5.74) is 0.667. The Kier molecular flexibility index (Phi) is 4.38. The summed E-state index contributed by atoms with van der Waals surface area (Å²) in [5.74, 6) is 0.632. The Hall–Kier alpha value is -0.920. The Labute approximate surface area is 126 Å². The molecule has 0 amide bonds. The largest absolute Gasteiger partial charge is 0.380 e. The first kappa shape index (κ1) is 14.0. The zero-order valence-electron chi connectivity index (χ0n) is 11.3. The second-order valence-electron chi connectivity index (χ2n) is 5.38. The van der Waals surface area contributed by atoms with E-state index in [4.69, 9.17) is 4.74 Å². The molecule has 0 spiro atoms. The lowest BCUT2D eigenvalue weighted by Crippen LogP contribution is -2.42. The normalized spacial score (nSPS) is 22.8. The smallest absolute Gasteiger partial charge is 0.283 e. The minimum Gasteiger partial charge on any atom is -0.380 e. The maximum absolute atomic E-state index is 12.2. The predicted molar refractivity (Wildman–Crippen MR) is 80.0 cm³/mol. The van der Waals surface area contributed by atoms with Crippen molar-refractivity contribution >= 4 is 21.6 Å². The average Bonchev–Trinajstić information content (AvgIpc) is 3.28. The molecule has 1 aliphatic heterocycles. The van der Waals surface area contributed by atoms with E-state index in [0.29, 0.717) is 16.9 Å². The van der Waals surface area contributed by atoms with Gasteiger partial charge in [0.05, 0.1) is 24.6 Å². The van der Waals surface area contributed by atoms with Crippen molar-refractivity contribution < 1.29 is 4.74 Å². The van der Waals surface area contributed by atoms with Crippen LogP contribution in [0.3, 0.4) is 0 Å². The zero-order valence-corrected chi connectivity index (χ0v) is 12.9. The Morgan fingerprint density at radius 2 is 2.40 bits per heavy atom. The minimum atomic E-state index is -0.0652. The molecule has 1 atom stereocenters. The van der Waals surface area contributed by atoms with Crippen molar-refractivity contribution in [2.24, 2.45) is 5.92 Å². The maximum atomic E-state index is 12.2. The Morgan fingerprint density at radius 1 is 1.55 bits per heavy atom. The highest BCUT2D eigenvalue weighted by Crippen LogP contribution is 2.30. The molecular formula is C13H19BrN4O2. The topological polar surface area (TPSA) is 68.2 Å². The first-order chi connectivity index (χ1) is 9.74. The lowest BCUT2D eigenvalue weighted by molar-refractivity contribution is 0.0372. The van der Waals surface area contributed by atoms with E-state index in [9.17, 15) is 4.79 Å². The van der Waals surface area contributed by atoms with Gasteiger partial charge in [-0.05, 0) is 34.7 Å². The summed E-state index contributed by atoms with van der Waals surface area (Å²) < 4.78 is 7.71. The highest BCUT2D eigenvalue weighted by Gasteiger charge is 2.23. The van der Waals surface area contributed by atoms with Crippen molar-refractivity contribution in [3.8, 4) is 0 Å². The van der Waals surface area contributed by atoms with Gasteiger partial charge in [0.2, 0.25) is 0 Å². The SMILES string of the molecule is O=c1c(Br)c(NCC2CNCCO2)cnn1CC1CC1. The van der Waals surface area contributed by atoms with Gasteiger partial charge in [0.25, 0.3) is 5.56 Å². The minimum absolute atomic E-state index is 0.0652. The molecule has 1 saturated carbocycles. The maximum Gasteiger partial charge on any atom is 0.283 e. The molecule has 7 heteroatoms. The predicted octanol–water partition coefficient (Wildman–Crippen LogP) is 0.816. The van der Waals surface area contributed by atoms with Crippen LogP contribution < -0.4 is 16.2 Å². The number of aromatic nitrogens is 2. The van der Waals surface area contributed by atoms with Crippen LogP contribution in [-0.2, 0) is 11.3 Å². The zero-order chi connectivity index (χ0) is 13.9. The number of nitrogens with one attached hydrogen (secondary N) is 2. The molecule has 1 unspecified atom stereocenters. The molecule has 0 radical (unpaired) electrons. The molecule has 6 nitrogen and oxygen atoms in total. The highest BCUT2D eigenvalue weighted by atomic mass is 79.9. The number of nitrogens with zero attached hydrogens (tertiary/aromatic N) is 2. The molecule has 0 aromatic carbocycles. The van der Waals surface area contributed by atoms with Crippen molar-refractivity contribution in [1.82, 2.24) is 15.1 Å². The van der Waals surface area contributed by atoms with Gasteiger partial charge in [0, 0.05) is 26.2 Å². The number of morpholine rings is 1. The van der Waals surface area contributed by atoms with Gasteiger partial charge >= 0.3 is 0 Å². The van der Waals surface area contributed by atoms with Crippen LogP contribution >= 0.6 is 15.9 Å². The summed E-state index contributed by atoms with van der Waals surface area (Å²) >= 11 is 3.37. The molecule has 20 heavy (non-hydrogen) atoms. The quantitative estimate of drug-likeness (QED) is 0.829. The Morgan fingerprint density at radius 3 is 3.10 bits per heavy atom. The van der Waals surface area contributed by atoms with Crippen LogP contribution in [0.1, 0.15) is 12.8 Å². The second kappa shape index (κ2) is 6.24. The van der Waals surface area contributed by atoms with Gasteiger partial charge in [-0.15, -0.1) is 0 Å². The summed E-state index contributed by atoms with van der Waals surface area (Å²) in [6.07, 6.45) is 4.25. The van der Waals surface area contributed by atoms with E-state index >= 15 is 0 Å². The van der Waals surface area contributed by atoms with Crippen molar-refractivity contribution in [2.75, 3.05) is 31.6 Å². The number of halogens is 1. The van der Waals surface area contributed by atoms with Crippen LogP contribution in [0.5, 0.6) is 0 Å². The number of ether oxygens (including phenoxy) is 1. The van der Waals surface area contributed by atoms with E-state index in [1.165, 1.54) is 12.8 Å². The average molecular weight is 343 g/mol. The van der Waals surface area contributed by atoms with E-state index < -0.39 is 0 Å². The highest BCUT2D eigenvalue weighted by molar-refractivity contribution is 9.10. The van der Waals surface area contributed by atoms with Crippen LogP contribution in [0.4, 0.5) is 5.69 Å².